The van der Waals surface area contributed by atoms with Crippen molar-refractivity contribution in [1.82, 2.24) is 4.90 Å². The maximum atomic E-state index is 12.6. The molecule has 0 N–H and O–H groups in total. The molecule has 1 fully saturated rings. The van der Waals surface area contributed by atoms with Crippen LogP contribution in [0, 0.1) is 47.9 Å². The zero-order valence-electron chi connectivity index (χ0n) is 17.1. The van der Waals surface area contributed by atoms with Gasteiger partial charge in [0.2, 0.25) is 5.91 Å². The Morgan fingerprint density at radius 2 is 2.11 bits per heavy atom. The van der Waals surface area contributed by atoms with E-state index in [0.717, 1.165) is 37.8 Å². The first-order valence-corrected chi connectivity index (χ1v) is 10.3. The van der Waals surface area contributed by atoms with Crippen LogP contribution >= 0.6 is 0 Å². The smallest absolute Gasteiger partial charge is 0.225 e. The quantitative estimate of drug-likeness (QED) is 0.708. The average molecular weight is 373 g/mol. The number of hydrogen-bond acceptors (Lipinski definition) is 1. The van der Waals surface area contributed by atoms with E-state index in [-0.39, 0.29) is 30.6 Å². The fourth-order valence-electron chi connectivity index (χ4n) is 4.64. The predicted molar refractivity (Wildman–Crippen MR) is 115 cm³/mol. The summed E-state index contributed by atoms with van der Waals surface area (Å²) in [5.74, 6) is 10.2. The maximum absolute atomic E-state index is 12.6. The molecule has 1 amide bonds. The molecule has 2 unspecified atom stereocenters. The van der Waals surface area contributed by atoms with E-state index in [1.54, 1.807) is 0 Å². The molecular formula is C26H30NO. The Bertz CT molecular complexity index is 925. The van der Waals surface area contributed by atoms with Crippen molar-refractivity contribution in [3.05, 3.63) is 53.0 Å². The zero-order valence-corrected chi connectivity index (χ0v) is 17.1. The first-order chi connectivity index (χ1) is 13.4. The van der Waals surface area contributed by atoms with Gasteiger partial charge in [-0.1, -0.05) is 49.0 Å². The third-order valence-electron chi connectivity index (χ3n) is 6.26. The van der Waals surface area contributed by atoms with Gasteiger partial charge in [-0.15, -0.1) is 12.3 Å². The third kappa shape index (κ3) is 3.74. The largest absolute Gasteiger partial charge is 0.338 e. The molecule has 28 heavy (non-hydrogen) atoms. The van der Waals surface area contributed by atoms with Gasteiger partial charge in [0.1, 0.15) is 0 Å². The second-order valence-corrected chi connectivity index (χ2v) is 9.08. The fraction of sp³-hybridized carbons (Fsp3) is 0.462. The summed E-state index contributed by atoms with van der Waals surface area (Å²) >= 11 is 0. The molecule has 2 atom stereocenters. The lowest BCUT2D eigenvalue weighted by molar-refractivity contribution is -0.135. The first kappa shape index (κ1) is 18.9. The number of rotatable bonds is 3. The summed E-state index contributed by atoms with van der Waals surface area (Å²) in [4.78, 5) is 14.6. The second-order valence-electron chi connectivity index (χ2n) is 9.08. The van der Waals surface area contributed by atoms with Gasteiger partial charge in [0.15, 0.2) is 0 Å². The maximum Gasteiger partial charge on any atom is 0.225 e. The molecule has 4 rings (SSSR count). The summed E-state index contributed by atoms with van der Waals surface area (Å²) < 4.78 is 0. The summed E-state index contributed by atoms with van der Waals surface area (Å²) in [5, 5.41) is 0. The van der Waals surface area contributed by atoms with Crippen molar-refractivity contribution in [2.75, 3.05) is 6.54 Å². The molecule has 1 aromatic rings. The molecule has 1 aromatic carbocycles. The van der Waals surface area contributed by atoms with Crippen LogP contribution in [-0.2, 0) is 11.2 Å². The standard InChI is InChI=1S/C26H28NO.H2/c1-5-21-10-12-27(25(28)18(2)3)24(21)14-20-8-6-7-19(13-20)9-11-26(4)16-22-15-23(22)17-26;/h1,6-8,13,15,18,21,24H,10,12,14,16-17H2,2-4H3;1H. The zero-order chi connectivity index (χ0) is 19.9. The molecule has 0 aromatic heterocycles. The number of carbonyl (C=O) groups is 1. The molecule has 1 saturated heterocycles. The van der Waals surface area contributed by atoms with E-state index in [1.807, 2.05) is 18.7 Å². The van der Waals surface area contributed by atoms with Crippen LogP contribution in [0.5, 0.6) is 0 Å². The van der Waals surface area contributed by atoms with Crippen LogP contribution in [0.2, 0.25) is 0 Å². The van der Waals surface area contributed by atoms with Gasteiger partial charge in [-0.05, 0) is 50.3 Å². The normalized spacial score (nSPS) is 24.6. The lowest BCUT2D eigenvalue weighted by Gasteiger charge is -2.28. The molecule has 1 aliphatic heterocycles. The van der Waals surface area contributed by atoms with E-state index in [1.165, 1.54) is 16.7 Å². The van der Waals surface area contributed by atoms with E-state index < -0.39 is 0 Å². The molecule has 145 valence electrons. The minimum Gasteiger partial charge on any atom is -0.338 e. The van der Waals surface area contributed by atoms with Crippen molar-refractivity contribution in [3.63, 3.8) is 0 Å². The summed E-state index contributed by atoms with van der Waals surface area (Å²) in [6.45, 7) is 6.94. The van der Waals surface area contributed by atoms with E-state index in [9.17, 15) is 4.79 Å². The van der Waals surface area contributed by atoms with Crippen molar-refractivity contribution in [3.8, 4) is 24.2 Å². The fourth-order valence-corrected chi connectivity index (χ4v) is 4.64. The van der Waals surface area contributed by atoms with Crippen LogP contribution in [0.1, 0.15) is 52.6 Å². The lowest BCUT2D eigenvalue weighted by Crippen LogP contribution is -2.41. The summed E-state index contributed by atoms with van der Waals surface area (Å²) in [5.41, 5.74) is 5.38. The van der Waals surface area contributed by atoms with Crippen LogP contribution in [-0.4, -0.2) is 23.4 Å². The monoisotopic (exact) mass is 372 g/mol. The van der Waals surface area contributed by atoms with Crippen molar-refractivity contribution in [2.45, 2.75) is 52.5 Å². The molecule has 0 spiro atoms. The van der Waals surface area contributed by atoms with Gasteiger partial charge in [0.25, 0.3) is 0 Å². The summed E-state index contributed by atoms with van der Waals surface area (Å²) in [6.07, 6.45) is 11.9. The number of nitrogens with zero attached hydrogens (tertiary/aromatic N) is 1. The van der Waals surface area contributed by atoms with Crippen LogP contribution in [0.25, 0.3) is 0 Å². The highest BCUT2D eigenvalue weighted by Gasteiger charge is 2.41. The first-order valence-electron chi connectivity index (χ1n) is 10.3. The number of allylic oxidation sites excluding steroid dienone is 2. The molecule has 2 heteroatoms. The van der Waals surface area contributed by atoms with Crippen LogP contribution in [0.4, 0.5) is 0 Å². The van der Waals surface area contributed by atoms with Gasteiger partial charge < -0.3 is 4.90 Å². The average Bonchev–Trinajstić information content (AvgIpc) is 3.11. The number of carbonyl (C=O) groups excluding carboxylic acids is 1. The number of terminal acetylenes is 1. The highest BCUT2D eigenvalue weighted by molar-refractivity contribution is 5.79. The Kier molecular flexibility index (Phi) is 4.84. The highest BCUT2D eigenvalue weighted by atomic mass is 16.2. The van der Waals surface area contributed by atoms with Crippen molar-refractivity contribution >= 4 is 5.91 Å². The van der Waals surface area contributed by atoms with Gasteiger partial charge in [-0.3, -0.25) is 4.79 Å². The van der Waals surface area contributed by atoms with E-state index >= 15 is 0 Å². The number of amides is 1. The molecule has 2 nitrogen and oxygen atoms in total. The minimum atomic E-state index is 0. The Labute approximate surface area is 170 Å². The van der Waals surface area contributed by atoms with Gasteiger partial charge >= 0.3 is 0 Å². The van der Waals surface area contributed by atoms with Gasteiger partial charge in [-0.25, -0.2) is 0 Å². The van der Waals surface area contributed by atoms with Crippen molar-refractivity contribution < 1.29 is 6.22 Å². The Morgan fingerprint density at radius 1 is 1.36 bits per heavy atom. The lowest BCUT2D eigenvalue weighted by atomic mass is 9.84. The van der Waals surface area contributed by atoms with Crippen LogP contribution in [0.15, 0.2) is 35.4 Å². The molecule has 1 heterocycles. The van der Waals surface area contributed by atoms with Crippen molar-refractivity contribution in [1.29, 1.82) is 0 Å². The van der Waals surface area contributed by atoms with E-state index in [4.69, 9.17) is 6.42 Å². The highest BCUT2D eigenvalue weighted by Crippen LogP contribution is 2.53. The van der Waals surface area contributed by atoms with Gasteiger partial charge in [-0.2, -0.15) is 0 Å². The summed E-state index contributed by atoms with van der Waals surface area (Å²) in [7, 11) is 0. The molecule has 0 bridgehead atoms. The predicted octanol–water partition coefficient (Wildman–Crippen LogP) is 4.65. The Morgan fingerprint density at radius 3 is 2.79 bits per heavy atom. The third-order valence-corrected chi connectivity index (χ3v) is 6.26. The molecule has 3 aliphatic rings. The molecular weight excluding hydrogens is 342 g/mol. The molecule has 0 saturated carbocycles. The topological polar surface area (TPSA) is 20.3 Å². The van der Waals surface area contributed by atoms with E-state index in [2.05, 4.69) is 55.4 Å². The molecule has 1 radical (unpaired) electrons. The Hall–Kier alpha value is -2.45. The van der Waals surface area contributed by atoms with Gasteiger partial charge in [0.05, 0.1) is 0 Å². The van der Waals surface area contributed by atoms with E-state index in [0.29, 0.717) is 0 Å². The summed E-state index contributed by atoms with van der Waals surface area (Å²) in [6, 6.07) is 8.53. The number of benzene rings is 1. The van der Waals surface area contributed by atoms with Crippen LogP contribution in [0.3, 0.4) is 0 Å². The van der Waals surface area contributed by atoms with Crippen molar-refractivity contribution in [2.24, 2.45) is 17.3 Å². The molecule has 2 aliphatic carbocycles. The number of hydrogen-bond donors (Lipinski definition) is 0. The Balaban J connectivity index is 0.00000240. The second kappa shape index (κ2) is 7.18. The van der Waals surface area contributed by atoms with Crippen LogP contribution < -0.4 is 0 Å². The minimum absolute atomic E-state index is 0. The van der Waals surface area contributed by atoms with Gasteiger partial charge in [0, 0.05) is 43.2 Å². The SMILES string of the molecule is C#CC1CCN(C(=O)C(C)C)C1Cc1cccc(C#CC2(C)CC3=C([CH]3)C2)c1.[HH]. The number of likely N-dealkylation sites (tertiary alicyclic amines) is 1.